The number of hydrogen-bond acceptors (Lipinski definition) is 11. The highest BCUT2D eigenvalue weighted by atomic mass is 16.4. The van der Waals surface area contributed by atoms with Gasteiger partial charge in [-0.2, -0.15) is 0 Å². The number of likely N-dealkylation sites (tertiary alicyclic amines) is 1. The molecular formula is C50H66N12O10. The maximum Gasteiger partial charge on any atom is 0.326 e. The first kappa shape index (κ1) is 55.1. The fourth-order valence-corrected chi connectivity index (χ4v) is 8.54. The summed E-state index contributed by atoms with van der Waals surface area (Å²) in [7, 11) is 0. The summed E-state index contributed by atoms with van der Waals surface area (Å²) in [5.74, 6) is -7.66. The average molecular weight is 995 g/mol. The van der Waals surface area contributed by atoms with Gasteiger partial charge in [-0.1, -0.05) is 91.0 Å². The van der Waals surface area contributed by atoms with Gasteiger partial charge in [0, 0.05) is 32.4 Å². The van der Waals surface area contributed by atoms with Crippen LogP contribution in [0.15, 0.2) is 91.0 Å². The van der Waals surface area contributed by atoms with Crippen LogP contribution in [0.5, 0.6) is 0 Å². The molecule has 0 spiro atoms. The van der Waals surface area contributed by atoms with Gasteiger partial charge in [0.05, 0.1) is 12.5 Å². The molecule has 0 unspecified atom stereocenters. The predicted octanol–water partition coefficient (Wildman–Crippen LogP) is -1.39. The molecule has 2 saturated heterocycles. The van der Waals surface area contributed by atoms with Crippen molar-refractivity contribution < 1.29 is 48.3 Å². The van der Waals surface area contributed by atoms with Crippen LogP contribution in [-0.4, -0.2) is 137 Å². The number of primary amides is 1. The second-order valence-electron chi connectivity index (χ2n) is 17.9. The van der Waals surface area contributed by atoms with Crippen molar-refractivity contribution in [1.82, 2.24) is 47.4 Å². The monoisotopic (exact) mass is 995 g/mol. The van der Waals surface area contributed by atoms with Crippen molar-refractivity contribution >= 4 is 59.2 Å². The maximum absolute atomic E-state index is 14.5. The largest absolute Gasteiger partial charge is 0.480 e. The Morgan fingerprint density at radius 3 is 1.61 bits per heavy atom. The van der Waals surface area contributed by atoms with E-state index in [0.29, 0.717) is 42.5 Å². The number of carboxylic acids is 1. The molecule has 22 heteroatoms. The Bertz CT molecular complexity index is 2370. The third kappa shape index (κ3) is 17.2. The zero-order valence-corrected chi connectivity index (χ0v) is 40.2. The van der Waals surface area contributed by atoms with E-state index in [1.54, 1.807) is 91.0 Å². The van der Waals surface area contributed by atoms with Crippen molar-refractivity contribution in [3.05, 3.63) is 108 Å². The molecule has 2 aliphatic heterocycles. The second kappa shape index (κ2) is 27.5. The van der Waals surface area contributed by atoms with Gasteiger partial charge in [-0.3, -0.25) is 43.8 Å². The number of carboxylic acid groups (broad SMARTS) is 1. The summed E-state index contributed by atoms with van der Waals surface area (Å²) in [4.78, 5) is 123. The molecule has 72 heavy (non-hydrogen) atoms. The third-order valence-corrected chi connectivity index (χ3v) is 12.3. The minimum absolute atomic E-state index is 0.00883. The van der Waals surface area contributed by atoms with Crippen molar-refractivity contribution in [1.29, 1.82) is 5.41 Å². The van der Waals surface area contributed by atoms with Crippen LogP contribution in [0.4, 0.5) is 0 Å². The zero-order chi connectivity index (χ0) is 52.2. The van der Waals surface area contributed by atoms with E-state index in [4.69, 9.17) is 16.9 Å². The van der Waals surface area contributed by atoms with Gasteiger partial charge in [-0.15, -0.1) is 0 Å². The molecule has 8 atom stereocenters. The van der Waals surface area contributed by atoms with Gasteiger partial charge in [0.25, 0.3) is 0 Å². The Kier molecular flexibility index (Phi) is 21.0. The molecule has 2 heterocycles. The number of nitrogens with zero attached hydrogens (tertiary/aromatic N) is 1. The quantitative estimate of drug-likeness (QED) is 0.0251. The summed E-state index contributed by atoms with van der Waals surface area (Å²) in [5, 5.41) is 39.0. The molecule has 0 radical (unpaired) electrons. The van der Waals surface area contributed by atoms with Gasteiger partial charge in [-0.05, 0) is 68.7 Å². The molecule has 22 nitrogen and oxygen atoms in total. The summed E-state index contributed by atoms with van der Waals surface area (Å²) >= 11 is 0. The Morgan fingerprint density at radius 1 is 0.639 bits per heavy atom. The summed E-state index contributed by atoms with van der Waals surface area (Å²) in [5.41, 5.74) is 12.9. The Morgan fingerprint density at radius 2 is 1.12 bits per heavy atom. The van der Waals surface area contributed by atoms with E-state index in [1.807, 2.05) is 0 Å². The molecule has 0 saturated carbocycles. The number of carbonyl (C=O) groups is 9. The molecule has 3 aromatic carbocycles. The lowest BCUT2D eigenvalue weighted by molar-refractivity contribution is -0.149. The van der Waals surface area contributed by atoms with E-state index in [9.17, 15) is 48.3 Å². The van der Waals surface area contributed by atoms with Crippen molar-refractivity contribution in [3.8, 4) is 0 Å². The number of nitrogens with one attached hydrogen (secondary N) is 9. The van der Waals surface area contributed by atoms with Crippen LogP contribution in [0.1, 0.15) is 68.6 Å². The topological polar surface area (TPSA) is 349 Å². The van der Waals surface area contributed by atoms with E-state index < -0.39 is 108 Å². The van der Waals surface area contributed by atoms with E-state index in [0.717, 1.165) is 6.42 Å². The van der Waals surface area contributed by atoms with Gasteiger partial charge in [0.2, 0.25) is 47.3 Å². The zero-order valence-electron chi connectivity index (χ0n) is 40.2. The summed E-state index contributed by atoms with van der Waals surface area (Å²) < 4.78 is 0. The second-order valence-corrected chi connectivity index (χ2v) is 17.9. The van der Waals surface area contributed by atoms with Gasteiger partial charge in [0.15, 0.2) is 5.96 Å². The number of carbonyl (C=O) groups excluding carboxylic acids is 8. The first-order valence-corrected chi connectivity index (χ1v) is 24.1. The summed E-state index contributed by atoms with van der Waals surface area (Å²) in [6, 6.07) is 16.4. The minimum Gasteiger partial charge on any atom is -0.480 e. The standard InChI is InChI=1S/C50H66N12O10/c1-30(42(64)61-39(28-33-18-9-4-10-19-33)48(70)62-25-13-22-40(62)49(71)72)56-45(67)38(29-41(51)63)60-47(69)37(27-32-16-7-3-8-17-32)59-46(68)36(26-31-14-5-2-6-15-31)58-44(66)35(21-12-24-55-50(52)53)57-43(65)34-20-11-23-54-34/h2-10,14-19,30,34-40,54H,11-13,20-29H2,1H3,(H2,51,63)(H,56,67)(H,57,65)(H,58,66)(H,59,68)(H,60,69)(H,61,64)(H,71,72)(H4,52,53,55)/t30-,34-,35+,36+,37+,38-,39-,40+/m0/s1. The van der Waals surface area contributed by atoms with E-state index in [1.165, 1.54) is 11.8 Å². The number of hydrogen-bond donors (Lipinski definition) is 12. The maximum atomic E-state index is 14.5. The number of guanidine groups is 1. The van der Waals surface area contributed by atoms with Crippen LogP contribution in [0.2, 0.25) is 0 Å². The van der Waals surface area contributed by atoms with Crippen LogP contribution in [0.3, 0.4) is 0 Å². The van der Waals surface area contributed by atoms with E-state index in [-0.39, 0.29) is 51.2 Å². The first-order chi connectivity index (χ1) is 34.5. The molecule has 8 amide bonds. The van der Waals surface area contributed by atoms with Gasteiger partial charge >= 0.3 is 5.97 Å². The molecular weight excluding hydrogens is 929 g/mol. The Labute approximate surface area is 417 Å². The lowest BCUT2D eigenvalue weighted by atomic mass is 10.0. The average Bonchev–Trinajstić information content (AvgIpc) is 4.09. The smallest absolute Gasteiger partial charge is 0.326 e. The van der Waals surface area contributed by atoms with Gasteiger partial charge in [0.1, 0.15) is 42.3 Å². The molecule has 2 aliphatic rings. The number of nitrogens with two attached hydrogens (primary N) is 2. The highest BCUT2D eigenvalue weighted by molar-refractivity contribution is 5.99. The molecule has 0 aromatic heterocycles. The number of rotatable bonds is 26. The van der Waals surface area contributed by atoms with Crippen molar-refractivity contribution in [2.75, 3.05) is 19.6 Å². The Balaban J connectivity index is 1.34. The number of aliphatic carboxylic acids is 1. The molecule has 386 valence electrons. The van der Waals surface area contributed by atoms with Crippen LogP contribution in [0.25, 0.3) is 0 Å². The van der Waals surface area contributed by atoms with Gasteiger partial charge < -0.3 is 64.0 Å². The summed E-state index contributed by atoms with van der Waals surface area (Å²) in [6.45, 7) is 2.36. The first-order valence-electron chi connectivity index (χ1n) is 24.1. The van der Waals surface area contributed by atoms with Crippen LogP contribution in [0, 0.1) is 5.41 Å². The van der Waals surface area contributed by atoms with Gasteiger partial charge in [-0.25, -0.2) is 4.79 Å². The number of benzene rings is 3. The molecule has 0 aliphatic carbocycles. The molecule has 2 fully saturated rings. The third-order valence-electron chi connectivity index (χ3n) is 12.3. The van der Waals surface area contributed by atoms with Crippen LogP contribution >= 0.6 is 0 Å². The highest BCUT2D eigenvalue weighted by Crippen LogP contribution is 2.20. The normalized spacial score (nSPS) is 17.6. The Hall–Kier alpha value is -7.88. The minimum atomic E-state index is -1.67. The number of amides is 8. The molecule has 3 aromatic rings. The fourth-order valence-electron chi connectivity index (χ4n) is 8.54. The fraction of sp³-hybridized carbons (Fsp3) is 0.440. The predicted molar refractivity (Wildman–Crippen MR) is 264 cm³/mol. The lowest BCUT2D eigenvalue weighted by Gasteiger charge is -2.29. The molecule has 14 N–H and O–H groups in total. The van der Waals surface area contributed by atoms with E-state index >= 15 is 0 Å². The molecule has 5 rings (SSSR count). The molecule has 0 bridgehead atoms. The van der Waals surface area contributed by atoms with Crippen molar-refractivity contribution in [2.45, 2.75) is 119 Å². The highest BCUT2D eigenvalue weighted by Gasteiger charge is 2.39. The van der Waals surface area contributed by atoms with Crippen LogP contribution < -0.4 is 54.0 Å². The van der Waals surface area contributed by atoms with E-state index in [2.05, 4.69) is 42.5 Å². The summed E-state index contributed by atoms with van der Waals surface area (Å²) in [6.07, 6.45) is 1.59. The lowest BCUT2D eigenvalue weighted by Crippen LogP contribution is -2.61. The SMILES string of the molecule is C[C@H](NC(=O)[C@H](CC(N)=O)NC(=O)[C@@H](Cc1ccccc1)NC(=O)[C@@H](Cc1ccccc1)NC(=O)[C@@H](CCCNC(=N)N)NC(=O)[C@@H]1CCCN1)C(=O)N[C@@H](Cc1ccccc1)C(=O)N1CCC[C@@H]1C(=O)O. The van der Waals surface area contributed by atoms with Crippen molar-refractivity contribution in [2.24, 2.45) is 11.5 Å². The van der Waals surface area contributed by atoms with Crippen LogP contribution in [-0.2, 0) is 62.4 Å². The van der Waals surface area contributed by atoms with Crippen molar-refractivity contribution in [3.63, 3.8) is 0 Å².